The normalized spacial score (nSPS) is 39.4. The third-order valence-electron chi connectivity index (χ3n) is 2.33. The maximum absolute atomic E-state index is 10.9. The molecule has 3 atom stereocenters. The first-order valence-corrected chi connectivity index (χ1v) is 3.50. The highest BCUT2D eigenvalue weighted by atomic mass is 16.5. The highest BCUT2D eigenvalue weighted by Gasteiger charge is 2.64. The van der Waals surface area contributed by atoms with Crippen molar-refractivity contribution in [3.63, 3.8) is 0 Å². The molecule has 1 aliphatic heterocycles. The third kappa shape index (κ3) is 0.751. The van der Waals surface area contributed by atoms with Gasteiger partial charge in [-0.15, -0.1) is 0 Å². The number of hydrogen-bond acceptors (Lipinski definition) is 4. The smallest absolute Gasteiger partial charge is 0.310 e. The molecule has 0 bridgehead atoms. The predicted octanol–water partition coefficient (Wildman–Crippen LogP) is -0.422. The third-order valence-corrected chi connectivity index (χ3v) is 2.33. The van der Waals surface area contributed by atoms with E-state index in [9.17, 15) is 9.59 Å². The van der Waals surface area contributed by atoms with Gasteiger partial charge in [0.25, 0.3) is 0 Å². The van der Waals surface area contributed by atoms with Gasteiger partial charge in [-0.25, -0.2) is 0 Å². The molecule has 1 saturated carbocycles. The Morgan fingerprint density at radius 3 is 2.91 bits per heavy atom. The fourth-order valence-corrected chi connectivity index (χ4v) is 1.63. The molecular formula is C7H8O4. The van der Waals surface area contributed by atoms with Crippen molar-refractivity contribution in [3.05, 3.63) is 0 Å². The summed E-state index contributed by atoms with van der Waals surface area (Å²) < 4.78 is 9.21. The molecule has 3 unspecified atom stereocenters. The zero-order valence-electron chi connectivity index (χ0n) is 6.07. The second-order valence-corrected chi connectivity index (χ2v) is 2.87. The molecule has 2 aliphatic rings. The molecule has 4 nitrogen and oxygen atoms in total. The molecule has 1 aliphatic carbocycles. The Hall–Kier alpha value is -1.06. The van der Waals surface area contributed by atoms with Gasteiger partial charge in [0, 0.05) is 5.92 Å². The van der Waals surface area contributed by atoms with Crippen molar-refractivity contribution in [3.8, 4) is 0 Å². The zero-order chi connectivity index (χ0) is 8.01. The summed E-state index contributed by atoms with van der Waals surface area (Å²) in [6, 6.07) is 0. The van der Waals surface area contributed by atoms with Crippen LogP contribution in [0, 0.1) is 17.8 Å². The van der Waals surface area contributed by atoms with Gasteiger partial charge in [-0.3, -0.25) is 9.59 Å². The molecule has 0 aromatic heterocycles. The molecular weight excluding hydrogens is 148 g/mol. The van der Waals surface area contributed by atoms with Crippen LogP contribution in [0.25, 0.3) is 0 Å². The molecule has 11 heavy (non-hydrogen) atoms. The number of ether oxygens (including phenoxy) is 2. The van der Waals surface area contributed by atoms with Crippen LogP contribution in [0.15, 0.2) is 0 Å². The summed E-state index contributed by atoms with van der Waals surface area (Å²) in [6.07, 6.45) is 0. The van der Waals surface area contributed by atoms with E-state index in [0.717, 1.165) is 0 Å². The lowest BCUT2D eigenvalue weighted by Gasteiger charge is -2.00. The SMILES string of the molecule is COC(=O)C1C2COC(=O)C21. The maximum Gasteiger partial charge on any atom is 0.310 e. The van der Waals surface area contributed by atoms with Gasteiger partial charge in [-0.2, -0.15) is 0 Å². The minimum atomic E-state index is -0.281. The summed E-state index contributed by atoms with van der Waals surface area (Å²) in [4.78, 5) is 21.7. The summed E-state index contributed by atoms with van der Waals surface area (Å²) >= 11 is 0. The van der Waals surface area contributed by atoms with Crippen LogP contribution >= 0.6 is 0 Å². The first-order valence-electron chi connectivity index (χ1n) is 3.50. The van der Waals surface area contributed by atoms with Crippen molar-refractivity contribution in [2.75, 3.05) is 13.7 Å². The highest BCUT2D eigenvalue weighted by Crippen LogP contribution is 2.51. The van der Waals surface area contributed by atoms with Gasteiger partial charge in [-0.05, 0) is 0 Å². The number of hydrogen-bond donors (Lipinski definition) is 0. The average molecular weight is 156 g/mol. The van der Waals surface area contributed by atoms with Crippen LogP contribution in [-0.2, 0) is 19.1 Å². The van der Waals surface area contributed by atoms with Crippen molar-refractivity contribution in [1.29, 1.82) is 0 Å². The van der Waals surface area contributed by atoms with Crippen LogP contribution < -0.4 is 0 Å². The molecule has 1 saturated heterocycles. The molecule has 2 fully saturated rings. The van der Waals surface area contributed by atoms with E-state index in [1.54, 1.807) is 0 Å². The van der Waals surface area contributed by atoms with E-state index >= 15 is 0 Å². The molecule has 2 rings (SSSR count). The Labute approximate surface area is 63.5 Å². The lowest BCUT2D eigenvalue weighted by Crippen LogP contribution is -2.13. The molecule has 1 heterocycles. The van der Waals surface area contributed by atoms with Crippen LogP contribution in [0.5, 0.6) is 0 Å². The van der Waals surface area contributed by atoms with Crippen LogP contribution in [0.1, 0.15) is 0 Å². The standard InChI is InChI=1S/C7H8O4/c1-10-6(8)4-3-2-11-7(9)5(3)4/h3-5H,2H2,1H3. The van der Waals surface area contributed by atoms with Crippen LogP contribution in [0.4, 0.5) is 0 Å². The Morgan fingerprint density at radius 1 is 1.73 bits per heavy atom. The Kier molecular flexibility index (Phi) is 1.19. The predicted molar refractivity (Wildman–Crippen MR) is 33.4 cm³/mol. The lowest BCUT2D eigenvalue weighted by atomic mass is 10.3. The van der Waals surface area contributed by atoms with Crippen molar-refractivity contribution in [1.82, 2.24) is 0 Å². The molecule has 0 radical (unpaired) electrons. The van der Waals surface area contributed by atoms with Crippen molar-refractivity contribution < 1.29 is 19.1 Å². The second-order valence-electron chi connectivity index (χ2n) is 2.87. The van der Waals surface area contributed by atoms with E-state index in [2.05, 4.69) is 4.74 Å². The van der Waals surface area contributed by atoms with Gasteiger partial charge in [0.1, 0.15) is 0 Å². The van der Waals surface area contributed by atoms with Gasteiger partial charge < -0.3 is 9.47 Å². The second kappa shape index (κ2) is 1.96. The van der Waals surface area contributed by atoms with Gasteiger partial charge in [0.15, 0.2) is 0 Å². The highest BCUT2D eigenvalue weighted by molar-refractivity contribution is 5.90. The van der Waals surface area contributed by atoms with E-state index in [4.69, 9.17) is 4.74 Å². The summed E-state index contributed by atoms with van der Waals surface area (Å²) in [7, 11) is 1.34. The van der Waals surface area contributed by atoms with E-state index in [1.165, 1.54) is 7.11 Å². The molecule has 0 aromatic rings. The van der Waals surface area contributed by atoms with E-state index in [1.807, 2.05) is 0 Å². The van der Waals surface area contributed by atoms with Crippen molar-refractivity contribution in [2.45, 2.75) is 0 Å². The Morgan fingerprint density at radius 2 is 2.45 bits per heavy atom. The maximum atomic E-state index is 10.9. The van der Waals surface area contributed by atoms with E-state index in [0.29, 0.717) is 6.61 Å². The number of fused-ring (bicyclic) bond motifs is 1. The fraction of sp³-hybridized carbons (Fsp3) is 0.714. The van der Waals surface area contributed by atoms with Gasteiger partial charge in [-0.1, -0.05) is 0 Å². The first-order chi connectivity index (χ1) is 5.25. The minimum Gasteiger partial charge on any atom is -0.469 e. The number of carbonyl (C=O) groups is 2. The van der Waals surface area contributed by atoms with Gasteiger partial charge >= 0.3 is 11.9 Å². The van der Waals surface area contributed by atoms with Crippen LogP contribution in [0.2, 0.25) is 0 Å². The number of rotatable bonds is 1. The average Bonchev–Trinajstić information content (AvgIpc) is 2.63. The van der Waals surface area contributed by atoms with Crippen LogP contribution in [0.3, 0.4) is 0 Å². The van der Waals surface area contributed by atoms with Crippen molar-refractivity contribution >= 4 is 11.9 Å². The van der Waals surface area contributed by atoms with E-state index in [-0.39, 0.29) is 29.7 Å². The molecule has 0 amide bonds. The topological polar surface area (TPSA) is 52.6 Å². The summed E-state index contributed by atoms with van der Waals surface area (Å²) in [6.45, 7) is 0.392. The summed E-state index contributed by atoms with van der Waals surface area (Å²) in [5.41, 5.74) is 0. The molecule has 0 spiro atoms. The zero-order valence-corrected chi connectivity index (χ0v) is 6.07. The molecule has 60 valence electrons. The number of carbonyl (C=O) groups excluding carboxylic acids is 2. The number of methoxy groups -OCH3 is 1. The monoisotopic (exact) mass is 156 g/mol. The number of esters is 2. The quantitative estimate of drug-likeness (QED) is 0.484. The molecule has 4 heteroatoms. The van der Waals surface area contributed by atoms with Gasteiger partial charge in [0.2, 0.25) is 0 Å². The lowest BCUT2D eigenvalue weighted by molar-refractivity contribution is -0.150. The minimum absolute atomic E-state index is 0.106. The van der Waals surface area contributed by atoms with Crippen molar-refractivity contribution in [2.24, 2.45) is 17.8 Å². The van der Waals surface area contributed by atoms with E-state index < -0.39 is 0 Å². The largest absolute Gasteiger partial charge is 0.469 e. The summed E-state index contributed by atoms with van der Waals surface area (Å²) in [5.74, 6) is -0.819. The number of cyclic esters (lactones) is 1. The Balaban J connectivity index is 2.04. The Bertz CT molecular complexity index is 222. The molecule has 0 aromatic carbocycles. The molecule has 0 N–H and O–H groups in total. The van der Waals surface area contributed by atoms with Gasteiger partial charge in [0.05, 0.1) is 25.6 Å². The van der Waals surface area contributed by atoms with Crippen LogP contribution in [-0.4, -0.2) is 25.7 Å². The summed E-state index contributed by atoms with van der Waals surface area (Å²) in [5, 5.41) is 0. The first kappa shape index (κ1) is 6.64. The fourth-order valence-electron chi connectivity index (χ4n) is 1.63.